The van der Waals surface area contributed by atoms with E-state index in [9.17, 15) is 4.79 Å². The van der Waals surface area contributed by atoms with Gasteiger partial charge in [0.1, 0.15) is 11.6 Å². The monoisotopic (exact) mass is 171 g/mol. The van der Waals surface area contributed by atoms with Crippen molar-refractivity contribution in [1.29, 1.82) is 0 Å². The van der Waals surface area contributed by atoms with Crippen molar-refractivity contribution < 1.29 is 9.53 Å². The largest absolute Gasteiger partial charge is 0.460 e. The summed E-state index contributed by atoms with van der Waals surface area (Å²) in [7, 11) is 0. The highest BCUT2D eigenvalue weighted by Crippen LogP contribution is 2.16. The van der Waals surface area contributed by atoms with Crippen LogP contribution >= 0.6 is 11.3 Å². The second-order valence-corrected chi connectivity index (χ2v) is 3.44. The van der Waals surface area contributed by atoms with Crippen molar-refractivity contribution in [3.63, 3.8) is 0 Å². The van der Waals surface area contributed by atoms with Crippen molar-refractivity contribution in [2.45, 2.75) is 20.5 Å². The Kier molecular flexibility index (Phi) is 2.59. The zero-order valence-corrected chi connectivity index (χ0v) is 7.27. The molecule has 0 bridgehead atoms. The molecule has 0 amide bonds. The molecule has 0 saturated heterocycles. The first-order valence-corrected chi connectivity index (χ1v) is 4.04. The average molecular weight is 171 g/mol. The van der Waals surface area contributed by atoms with Crippen LogP contribution in [0.5, 0.6) is 0 Å². The van der Waals surface area contributed by atoms with E-state index in [1.165, 1.54) is 4.88 Å². The van der Waals surface area contributed by atoms with Gasteiger partial charge in [-0.05, 0) is 13.8 Å². The summed E-state index contributed by atoms with van der Waals surface area (Å²) in [5, 5.41) is 0.854. The first kappa shape index (κ1) is 8.20. The Bertz CT molecular complexity index is 237. The van der Waals surface area contributed by atoms with Crippen molar-refractivity contribution in [2.24, 2.45) is 0 Å². The number of ether oxygens (including phenoxy) is 1. The Morgan fingerprint density at radius 3 is 2.82 bits per heavy atom. The standard InChI is InChI=1S/C7H9NO2S/c1-5-6(2)11-7(8-5)3-10-4-9/h4H,3H2,1-2H3. The molecule has 4 heteroatoms. The van der Waals surface area contributed by atoms with Crippen LogP contribution in [0.3, 0.4) is 0 Å². The Labute approximate surface area is 69.0 Å². The van der Waals surface area contributed by atoms with Crippen molar-refractivity contribution in [2.75, 3.05) is 0 Å². The zero-order valence-electron chi connectivity index (χ0n) is 6.46. The quantitative estimate of drug-likeness (QED) is 0.646. The van der Waals surface area contributed by atoms with E-state index >= 15 is 0 Å². The minimum Gasteiger partial charge on any atom is -0.460 e. The molecule has 1 aromatic rings. The van der Waals surface area contributed by atoms with E-state index in [1.807, 2.05) is 13.8 Å². The Balaban J connectivity index is 2.64. The molecule has 0 fully saturated rings. The smallest absolute Gasteiger partial charge is 0.293 e. The van der Waals surface area contributed by atoms with Crippen LogP contribution in [0.15, 0.2) is 0 Å². The molecule has 0 atom stereocenters. The molecule has 0 spiro atoms. The van der Waals surface area contributed by atoms with Crippen LogP contribution in [0.4, 0.5) is 0 Å². The second-order valence-electron chi connectivity index (χ2n) is 2.16. The number of aryl methyl sites for hydroxylation is 2. The molecule has 0 aromatic carbocycles. The highest BCUT2D eigenvalue weighted by atomic mass is 32.1. The van der Waals surface area contributed by atoms with Gasteiger partial charge in [0.05, 0.1) is 5.69 Å². The van der Waals surface area contributed by atoms with Crippen LogP contribution in [0, 0.1) is 13.8 Å². The normalized spacial score (nSPS) is 9.64. The van der Waals surface area contributed by atoms with Crippen molar-refractivity contribution in [3.05, 3.63) is 15.6 Å². The van der Waals surface area contributed by atoms with Gasteiger partial charge in [-0.25, -0.2) is 4.98 Å². The number of rotatable bonds is 3. The van der Waals surface area contributed by atoms with Gasteiger partial charge in [-0.1, -0.05) is 0 Å². The van der Waals surface area contributed by atoms with Crippen LogP contribution in [-0.2, 0) is 16.1 Å². The summed E-state index contributed by atoms with van der Waals surface area (Å²) in [5.41, 5.74) is 1.01. The number of hydrogen-bond donors (Lipinski definition) is 0. The summed E-state index contributed by atoms with van der Waals surface area (Å²) >= 11 is 1.56. The van der Waals surface area contributed by atoms with Crippen LogP contribution in [0.2, 0.25) is 0 Å². The summed E-state index contributed by atoms with van der Waals surface area (Å²) in [6, 6.07) is 0. The summed E-state index contributed by atoms with van der Waals surface area (Å²) in [6.45, 7) is 4.67. The molecule has 0 saturated carbocycles. The molecule has 60 valence electrons. The molecule has 0 aliphatic rings. The summed E-state index contributed by atoms with van der Waals surface area (Å²) in [4.78, 5) is 15.2. The molecule has 11 heavy (non-hydrogen) atoms. The fourth-order valence-electron chi connectivity index (χ4n) is 0.706. The lowest BCUT2D eigenvalue weighted by molar-refractivity contribution is -0.129. The van der Waals surface area contributed by atoms with Gasteiger partial charge in [0, 0.05) is 4.88 Å². The lowest BCUT2D eigenvalue weighted by Crippen LogP contribution is -1.88. The number of nitrogens with zero attached hydrogens (tertiary/aromatic N) is 1. The second kappa shape index (κ2) is 3.48. The number of carbonyl (C=O) groups excluding carboxylic acids is 1. The zero-order chi connectivity index (χ0) is 8.27. The van der Waals surface area contributed by atoms with Gasteiger partial charge in [-0.2, -0.15) is 0 Å². The molecule has 1 heterocycles. The molecule has 0 radical (unpaired) electrons. The maximum absolute atomic E-state index is 9.82. The van der Waals surface area contributed by atoms with Gasteiger partial charge < -0.3 is 4.74 Å². The van der Waals surface area contributed by atoms with Gasteiger partial charge in [-0.3, -0.25) is 4.79 Å². The van der Waals surface area contributed by atoms with Crippen LogP contribution in [0.1, 0.15) is 15.6 Å². The number of carbonyl (C=O) groups is 1. The number of aromatic nitrogens is 1. The first-order valence-electron chi connectivity index (χ1n) is 3.22. The minimum absolute atomic E-state index is 0.294. The third-order valence-electron chi connectivity index (χ3n) is 1.35. The highest BCUT2D eigenvalue weighted by Gasteiger charge is 2.02. The molecule has 0 N–H and O–H groups in total. The molecule has 1 rings (SSSR count). The van der Waals surface area contributed by atoms with Crippen LogP contribution in [-0.4, -0.2) is 11.5 Å². The first-order chi connectivity index (χ1) is 5.24. The fourth-order valence-corrected chi connectivity index (χ4v) is 1.56. The van der Waals surface area contributed by atoms with Crippen molar-refractivity contribution >= 4 is 17.8 Å². The van der Waals surface area contributed by atoms with Gasteiger partial charge >= 0.3 is 0 Å². The minimum atomic E-state index is 0.294. The predicted octanol–water partition coefficient (Wildman–Crippen LogP) is 1.43. The van der Waals surface area contributed by atoms with E-state index in [-0.39, 0.29) is 0 Å². The topological polar surface area (TPSA) is 39.2 Å². The van der Waals surface area contributed by atoms with E-state index in [2.05, 4.69) is 9.72 Å². The molecule has 0 unspecified atom stereocenters. The van der Waals surface area contributed by atoms with E-state index in [0.717, 1.165) is 10.7 Å². The van der Waals surface area contributed by atoms with Crippen LogP contribution < -0.4 is 0 Å². The highest BCUT2D eigenvalue weighted by molar-refractivity contribution is 7.11. The van der Waals surface area contributed by atoms with Gasteiger partial charge in [0.15, 0.2) is 0 Å². The Hall–Kier alpha value is -0.900. The van der Waals surface area contributed by atoms with Gasteiger partial charge in [0.25, 0.3) is 6.47 Å². The molecular formula is C7H9NO2S. The lowest BCUT2D eigenvalue weighted by Gasteiger charge is -1.89. The SMILES string of the molecule is Cc1nc(COC=O)sc1C. The average Bonchev–Trinajstić information content (AvgIpc) is 2.28. The lowest BCUT2D eigenvalue weighted by atomic mass is 10.4. The van der Waals surface area contributed by atoms with Crippen molar-refractivity contribution in [1.82, 2.24) is 4.98 Å². The van der Waals surface area contributed by atoms with Crippen LogP contribution in [0.25, 0.3) is 0 Å². The van der Waals surface area contributed by atoms with Gasteiger partial charge in [0.2, 0.25) is 0 Å². The van der Waals surface area contributed by atoms with E-state index in [1.54, 1.807) is 11.3 Å². The summed E-state index contributed by atoms with van der Waals surface area (Å²) < 4.78 is 4.56. The third-order valence-corrected chi connectivity index (χ3v) is 2.39. The summed E-state index contributed by atoms with van der Waals surface area (Å²) in [5.74, 6) is 0. The number of thiazole rings is 1. The number of hydrogen-bond acceptors (Lipinski definition) is 4. The molecular weight excluding hydrogens is 162 g/mol. The van der Waals surface area contributed by atoms with E-state index < -0.39 is 0 Å². The fraction of sp³-hybridized carbons (Fsp3) is 0.429. The van der Waals surface area contributed by atoms with Crippen molar-refractivity contribution in [3.8, 4) is 0 Å². The predicted molar refractivity (Wildman–Crippen MR) is 42.4 cm³/mol. The maximum Gasteiger partial charge on any atom is 0.293 e. The molecule has 0 aliphatic heterocycles. The summed E-state index contributed by atoms with van der Waals surface area (Å²) in [6.07, 6.45) is 0. The molecule has 0 aliphatic carbocycles. The molecule has 3 nitrogen and oxygen atoms in total. The third kappa shape index (κ3) is 2.01. The van der Waals surface area contributed by atoms with E-state index in [0.29, 0.717) is 13.1 Å². The molecule has 1 aromatic heterocycles. The van der Waals surface area contributed by atoms with Gasteiger partial charge in [-0.15, -0.1) is 11.3 Å². The van der Waals surface area contributed by atoms with E-state index in [4.69, 9.17) is 0 Å². The Morgan fingerprint density at radius 2 is 2.36 bits per heavy atom. The maximum atomic E-state index is 9.82. The Morgan fingerprint density at radius 1 is 1.64 bits per heavy atom.